The van der Waals surface area contributed by atoms with Gasteiger partial charge in [-0.15, -0.1) is 0 Å². The summed E-state index contributed by atoms with van der Waals surface area (Å²) < 4.78 is 0. The number of hydrogen-bond donors (Lipinski definition) is 1. The van der Waals surface area contributed by atoms with Gasteiger partial charge in [0.1, 0.15) is 0 Å². The second-order valence-corrected chi connectivity index (χ2v) is 6.63. The molecule has 0 atom stereocenters. The topological polar surface area (TPSA) is 15.3 Å². The van der Waals surface area contributed by atoms with Gasteiger partial charge >= 0.3 is 0 Å². The third-order valence-corrected chi connectivity index (χ3v) is 5.18. The molecule has 0 saturated heterocycles. The maximum atomic E-state index is 3.28. The highest BCUT2D eigenvalue weighted by molar-refractivity contribution is 4.83. The molecule has 0 radical (unpaired) electrons. The van der Waals surface area contributed by atoms with Gasteiger partial charge in [0.25, 0.3) is 0 Å². The van der Waals surface area contributed by atoms with Crippen LogP contribution in [0.5, 0.6) is 0 Å². The van der Waals surface area contributed by atoms with Gasteiger partial charge in [-0.25, -0.2) is 0 Å². The minimum absolute atomic E-state index is 0.923. The van der Waals surface area contributed by atoms with Crippen molar-refractivity contribution in [2.45, 2.75) is 89.1 Å². The SMILES string of the molecule is CNCCCCN(C1CCCCC1)C1CCCCC1. The summed E-state index contributed by atoms with van der Waals surface area (Å²) in [4.78, 5) is 2.94. The summed E-state index contributed by atoms with van der Waals surface area (Å²) in [6.45, 7) is 2.54. The van der Waals surface area contributed by atoms with E-state index in [0.717, 1.165) is 12.1 Å². The summed E-state index contributed by atoms with van der Waals surface area (Å²) in [7, 11) is 2.07. The molecule has 0 unspecified atom stereocenters. The van der Waals surface area contributed by atoms with Crippen LogP contribution < -0.4 is 5.32 Å². The molecule has 19 heavy (non-hydrogen) atoms. The van der Waals surface area contributed by atoms with Crippen LogP contribution in [0.2, 0.25) is 0 Å². The van der Waals surface area contributed by atoms with E-state index in [2.05, 4.69) is 17.3 Å². The molecular formula is C17H34N2. The summed E-state index contributed by atoms with van der Waals surface area (Å²) in [6.07, 6.45) is 17.5. The van der Waals surface area contributed by atoms with E-state index >= 15 is 0 Å². The van der Waals surface area contributed by atoms with Crippen LogP contribution in [0.4, 0.5) is 0 Å². The Morgan fingerprint density at radius 3 is 1.79 bits per heavy atom. The van der Waals surface area contributed by atoms with E-state index in [1.165, 1.54) is 90.1 Å². The Balaban J connectivity index is 1.83. The van der Waals surface area contributed by atoms with Gasteiger partial charge in [-0.3, -0.25) is 4.90 Å². The predicted octanol–water partition coefficient (Wildman–Crippen LogP) is 3.95. The first kappa shape index (κ1) is 15.3. The molecule has 0 aromatic heterocycles. The lowest BCUT2D eigenvalue weighted by atomic mass is 9.88. The average molecular weight is 266 g/mol. The maximum Gasteiger partial charge on any atom is 0.00981 e. The molecule has 2 saturated carbocycles. The Bertz CT molecular complexity index is 199. The molecule has 112 valence electrons. The van der Waals surface area contributed by atoms with Crippen LogP contribution >= 0.6 is 0 Å². The molecule has 0 aromatic rings. The molecular weight excluding hydrogens is 232 g/mol. The smallest absolute Gasteiger partial charge is 0.00981 e. The van der Waals surface area contributed by atoms with Crippen LogP contribution in [0.25, 0.3) is 0 Å². The number of nitrogens with zero attached hydrogens (tertiary/aromatic N) is 1. The molecule has 0 amide bonds. The normalized spacial score (nSPS) is 23.1. The maximum absolute atomic E-state index is 3.28. The predicted molar refractivity (Wildman–Crippen MR) is 83.6 cm³/mol. The molecule has 2 fully saturated rings. The Morgan fingerprint density at radius 1 is 0.789 bits per heavy atom. The van der Waals surface area contributed by atoms with Crippen molar-refractivity contribution in [3.05, 3.63) is 0 Å². The largest absolute Gasteiger partial charge is 0.320 e. The van der Waals surface area contributed by atoms with E-state index in [-0.39, 0.29) is 0 Å². The molecule has 0 bridgehead atoms. The number of nitrogens with one attached hydrogen (secondary N) is 1. The Morgan fingerprint density at radius 2 is 1.32 bits per heavy atom. The molecule has 0 heterocycles. The summed E-state index contributed by atoms with van der Waals surface area (Å²) >= 11 is 0. The van der Waals surface area contributed by atoms with Gasteiger partial charge < -0.3 is 5.32 Å². The van der Waals surface area contributed by atoms with Crippen molar-refractivity contribution >= 4 is 0 Å². The highest BCUT2D eigenvalue weighted by Crippen LogP contribution is 2.30. The Labute approximate surface area is 120 Å². The zero-order valence-electron chi connectivity index (χ0n) is 13.0. The molecule has 1 N–H and O–H groups in total. The second-order valence-electron chi connectivity index (χ2n) is 6.63. The van der Waals surface area contributed by atoms with Crippen LogP contribution in [-0.4, -0.2) is 37.1 Å². The molecule has 0 spiro atoms. The summed E-state index contributed by atoms with van der Waals surface area (Å²) in [6, 6.07) is 1.85. The standard InChI is InChI=1S/C17H34N2/c1-18-14-8-9-15-19(16-10-4-2-5-11-16)17-12-6-3-7-13-17/h16-18H,2-15H2,1H3. The number of rotatable bonds is 7. The summed E-state index contributed by atoms with van der Waals surface area (Å²) in [5.41, 5.74) is 0. The van der Waals surface area contributed by atoms with Gasteiger partial charge in [0.2, 0.25) is 0 Å². The van der Waals surface area contributed by atoms with Gasteiger partial charge in [-0.2, -0.15) is 0 Å². The van der Waals surface area contributed by atoms with E-state index in [1.807, 2.05) is 0 Å². The van der Waals surface area contributed by atoms with Gasteiger partial charge in [-0.05, 0) is 58.7 Å². The lowest BCUT2D eigenvalue weighted by Gasteiger charge is -2.41. The molecule has 2 aliphatic rings. The van der Waals surface area contributed by atoms with Crippen molar-refractivity contribution < 1.29 is 0 Å². The fraction of sp³-hybridized carbons (Fsp3) is 1.00. The van der Waals surface area contributed by atoms with Crippen molar-refractivity contribution in [1.82, 2.24) is 10.2 Å². The minimum atomic E-state index is 0.923. The average Bonchev–Trinajstić information content (AvgIpc) is 2.49. The summed E-state index contributed by atoms with van der Waals surface area (Å²) in [5, 5.41) is 3.28. The highest BCUT2D eigenvalue weighted by atomic mass is 15.2. The van der Waals surface area contributed by atoms with Crippen molar-refractivity contribution in [2.75, 3.05) is 20.1 Å². The third-order valence-electron chi connectivity index (χ3n) is 5.18. The summed E-state index contributed by atoms with van der Waals surface area (Å²) in [5.74, 6) is 0. The Kier molecular flexibility index (Phi) is 7.23. The molecule has 2 heteroatoms. The van der Waals surface area contributed by atoms with Crippen LogP contribution in [-0.2, 0) is 0 Å². The van der Waals surface area contributed by atoms with Gasteiger partial charge in [0.05, 0.1) is 0 Å². The van der Waals surface area contributed by atoms with Crippen molar-refractivity contribution in [2.24, 2.45) is 0 Å². The number of unbranched alkanes of at least 4 members (excludes halogenated alkanes) is 1. The minimum Gasteiger partial charge on any atom is -0.320 e. The van der Waals surface area contributed by atoms with E-state index in [4.69, 9.17) is 0 Å². The van der Waals surface area contributed by atoms with Gasteiger partial charge in [0.15, 0.2) is 0 Å². The van der Waals surface area contributed by atoms with Gasteiger partial charge in [0, 0.05) is 12.1 Å². The van der Waals surface area contributed by atoms with Crippen molar-refractivity contribution in [1.29, 1.82) is 0 Å². The molecule has 2 aliphatic carbocycles. The molecule has 2 nitrogen and oxygen atoms in total. The number of hydrogen-bond acceptors (Lipinski definition) is 2. The Hall–Kier alpha value is -0.0800. The third kappa shape index (κ3) is 5.07. The highest BCUT2D eigenvalue weighted by Gasteiger charge is 2.28. The molecule has 2 rings (SSSR count). The first-order valence-electron chi connectivity index (χ1n) is 8.82. The van der Waals surface area contributed by atoms with Crippen LogP contribution in [0, 0.1) is 0 Å². The fourth-order valence-electron chi connectivity index (χ4n) is 4.08. The van der Waals surface area contributed by atoms with Gasteiger partial charge in [-0.1, -0.05) is 38.5 Å². The van der Waals surface area contributed by atoms with Crippen molar-refractivity contribution in [3.8, 4) is 0 Å². The van der Waals surface area contributed by atoms with Crippen LogP contribution in [0.15, 0.2) is 0 Å². The van der Waals surface area contributed by atoms with Crippen molar-refractivity contribution in [3.63, 3.8) is 0 Å². The first-order chi connectivity index (χ1) is 9.42. The molecule has 0 aromatic carbocycles. The molecule has 0 aliphatic heterocycles. The van der Waals surface area contributed by atoms with E-state index in [0.29, 0.717) is 0 Å². The van der Waals surface area contributed by atoms with Crippen LogP contribution in [0.3, 0.4) is 0 Å². The zero-order valence-corrected chi connectivity index (χ0v) is 13.0. The zero-order chi connectivity index (χ0) is 13.3. The fourth-order valence-corrected chi connectivity index (χ4v) is 4.08. The van der Waals surface area contributed by atoms with Crippen LogP contribution in [0.1, 0.15) is 77.0 Å². The second kappa shape index (κ2) is 8.97. The van der Waals surface area contributed by atoms with E-state index in [9.17, 15) is 0 Å². The quantitative estimate of drug-likeness (QED) is 0.702. The monoisotopic (exact) mass is 266 g/mol. The lowest BCUT2D eigenvalue weighted by Crippen LogP contribution is -2.45. The van der Waals surface area contributed by atoms with E-state index < -0.39 is 0 Å². The van der Waals surface area contributed by atoms with E-state index in [1.54, 1.807) is 0 Å². The first-order valence-corrected chi connectivity index (χ1v) is 8.82. The lowest BCUT2D eigenvalue weighted by molar-refractivity contribution is 0.0790.